The highest BCUT2D eigenvalue weighted by atomic mass is 14.7. The molecule has 1 atom stereocenters. The molecular weight excluding hydrogens is 196 g/mol. The van der Waals surface area contributed by atoms with Gasteiger partial charge in [-0.05, 0) is 24.1 Å². The molecule has 2 heteroatoms. The van der Waals surface area contributed by atoms with Crippen molar-refractivity contribution < 1.29 is 0 Å². The molecule has 3 N–H and O–H groups in total. The summed E-state index contributed by atoms with van der Waals surface area (Å²) in [4.78, 5) is 3.23. The number of nitrogens with two attached hydrogens (primary N) is 1. The molecule has 1 aromatic carbocycles. The van der Waals surface area contributed by atoms with E-state index in [1.807, 2.05) is 6.20 Å². The number of unbranched alkanes of at least 4 members (excludes halogenated alkanes) is 2. The molecule has 1 aromatic heterocycles. The summed E-state index contributed by atoms with van der Waals surface area (Å²) in [5.41, 5.74) is 8.70. The summed E-state index contributed by atoms with van der Waals surface area (Å²) in [6.07, 6.45) is 6.81. The van der Waals surface area contributed by atoms with E-state index in [9.17, 15) is 0 Å². The topological polar surface area (TPSA) is 41.8 Å². The second-order valence-corrected chi connectivity index (χ2v) is 4.39. The summed E-state index contributed by atoms with van der Waals surface area (Å²) < 4.78 is 0. The van der Waals surface area contributed by atoms with Crippen LogP contribution in [0.2, 0.25) is 0 Å². The number of hydrogen-bond acceptors (Lipinski definition) is 1. The van der Waals surface area contributed by atoms with Crippen molar-refractivity contribution in [2.24, 2.45) is 5.73 Å². The Hall–Kier alpha value is -1.28. The van der Waals surface area contributed by atoms with Gasteiger partial charge in [0.1, 0.15) is 0 Å². The minimum atomic E-state index is 0.172. The van der Waals surface area contributed by atoms with Crippen molar-refractivity contribution in [3.05, 3.63) is 36.0 Å². The zero-order valence-corrected chi connectivity index (χ0v) is 9.87. The van der Waals surface area contributed by atoms with E-state index in [4.69, 9.17) is 5.73 Å². The third kappa shape index (κ3) is 2.27. The second kappa shape index (κ2) is 5.17. The van der Waals surface area contributed by atoms with Crippen LogP contribution in [-0.2, 0) is 0 Å². The van der Waals surface area contributed by atoms with Gasteiger partial charge in [0.15, 0.2) is 0 Å². The van der Waals surface area contributed by atoms with E-state index < -0.39 is 0 Å². The van der Waals surface area contributed by atoms with Crippen LogP contribution in [0.1, 0.15) is 44.2 Å². The molecule has 2 nitrogen and oxygen atoms in total. The standard InChI is InChI=1S/C14H20N2/c1-2-3-4-7-13(15)11-6-5-8-14-12(11)9-10-16-14/h5-6,8-10,13,16H,2-4,7,15H2,1H3/t13-/m1/s1. The smallest absolute Gasteiger partial charge is 0.0457 e. The van der Waals surface area contributed by atoms with Crippen molar-refractivity contribution in [2.75, 3.05) is 0 Å². The number of aromatic amines is 1. The van der Waals surface area contributed by atoms with Gasteiger partial charge >= 0.3 is 0 Å². The molecule has 0 fully saturated rings. The first-order valence-corrected chi connectivity index (χ1v) is 6.14. The van der Waals surface area contributed by atoms with E-state index in [1.54, 1.807) is 0 Å². The van der Waals surface area contributed by atoms with Gasteiger partial charge in [0.2, 0.25) is 0 Å². The molecular formula is C14H20N2. The van der Waals surface area contributed by atoms with E-state index in [2.05, 4.69) is 36.2 Å². The normalized spacial score (nSPS) is 13.1. The molecule has 0 radical (unpaired) electrons. The van der Waals surface area contributed by atoms with Crippen LogP contribution in [0.5, 0.6) is 0 Å². The van der Waals surface area contributed by atoms with E-state index in [1.165, 1.54) is 35.7 Å². The first-order chi connectivity index (χ1) is 7.83. The molecule has 0 saturated heterocycles. The lowest BCUT2D eigenvalue weighted by Crippen LogP contribution is -2.10. The van der Waals surface area contributed by atoms with Crippen LogP contribution >= 0.6 is 0 Å². The minimum absolute atomic E-state index is 0.172. The number of benzene rings is 1. The van der Waals surface area contributed by atoms with Gasteiger partial charge in [-0.2, -0.15) is 0 Å². The van der Waals surface area contributed by atoms with Gasteiger partial charge in [-0.1, -0.05) is 38.3 Å². The van der Waals surface area contributed by atoms with Crippen molar-refractivity contribution in [2.45, 2.75) is 38.6 Å². The Labute approximate surface area is 96.9 Å². The Morgan fingerprint density at radius 2 is 2.12 bits per heavy atom. The Balaban J connectivity index is 2.15. The fourth-order valence-electron chi connectivity index (χ4n) is 2.20. The van der Waals surface area contributed by atoms with Gasteiger partial charge in [0, 0.05) is 23.1 Å². The Morgan fingerprint density at radius 1 is 1.25 bits per heavy atom. The molecule has 1 heterocycles. The number of aromatic nitrogens is 1. The highest BCUT2D eigenvalue weighted by molar-refractivity contribution is 5.83. The molecule has 2 aromatic rings. The second-order valence-electron chi connectivity index (χ2n) is 4.39. The monoisotopic (exact) mass is 216 g/mol. The van der Waals surface area contributed by atoms with E-state index in [0.29, 0.717) is 0 Å². The van der Waals surface area contributed by atoms with Crippen LogP contribution in [0.3, 0.4) is 0 Å². The molecule has 0 aliphatic heterocycles. The largest absolute Gasteiger partial charge is 0.361 e. The predicted octanol–water partition coefficient (Wildman–Crippen LogP) is 3.75. The van der Waals surface area contributed by atoms with Crippen LogP contribution in [0.15, 0.2) is 30.5 Å². The summed E-state index contributed by atoms with van der Waals surface area (Å²) in [5.74, 6) is 0. The predicted molar refractivity (Wildman–Crippen MR) is 69.4 cm³/mol. The fraction of sp³-hybridized carbons (Fsp3) is 0.429. The zero-order valence-electron chi connectivity index (χ0n) is 9.87. The first kappa shape index (κ1) is 11.2. The molecule has 0 spiro atoms. The van der Waals surface area contributed by atoms with Crippen molar-refractivity contribution in [3.8, 4) is 0 Å². The van der Waals surface area contributed by atoms with E-state index in [-0.39, 0.29) is 6.04 Å². The van der Waals surface area contributed by atoms with E-state index in [0.717, 1.165) is 6.42 Å². The Morgan fingerprint density at radius 3 is 2.94 bits per heavy atom. The average molecular weight is 216 g/mol. The lowest BCUT2D eigenvalue weighted by Gasteiger charge is -2.12. The van der Waals surface area contributed by atoms with Crippen molar-refractivity contribution >= 4 is 10.9 Å². The number of rotatable bonds is 5. The molecule has 16 heavy (non-hydrogen) atoms. The van der Waals surface area contributed by atoms with E-state index >= 15 is 0 Å². The maximum Gasteiger partial charge on any atom is 0.0457 e. The minimum Gasteiger partial charge on any atom is -0.361 e. The summed E-state index contributed by atoms with van der Waals surface area (Å²) in [6, 6.07) is 8.61. The summed E-state index contributed by atoms with van der Waals surface area (Å²) in [7, 11) is 0. The summed E-state index contributed by atoms with van der Waals surface area (Å²) in [6.45, 7) is 2.22. The van der Waals surface area contributed by atoms with Gasteiger partial charge in [-0.25, -0.2) is 0 Å². The van der Waals surface area contributed by atoms with Crippen LogP contribution in [-0.4, -0.2) is 4.98 Å². The maximum atomic E-state index is 6.25. The highest BCUT2D eigenvalue weighted by Gasteiger charge is 2.09. The SMILES string of the molecule is CCCCC[C@@H](N)c1cccc2[nH]ccc12. The number of H-pyrrole nitrogens is 1. The molecule has 86 valence electrons. The Kier molecular flexibility index (Phi) is 3.62. The van der Waals surface area contributed by atoms with Crippen LogP contribution in [0.25, 0.3) is 10.9 Å². The van der Waals surface area contributed by atoms with Gasteiger partial charge in [0.05, 0.1) is 0 Å². The Bertz CT molecular complexity index is 445. The van der Waals surface area contributed by atoms with Crippen LogP contribution < -0.4 is 5.73 Å². The van der Waals surface area contributed by atoms with Crippen LogP contribution in [0, 0.1) is 0 Å². The van der Waals surface area contributed by atoms with Gasteiger partial charge in [-0.3, -0.25) is 0 Å². The van der Waals surface area contributed by atoms with Gasteiger partial charge in [-0.15, -0.1) is 0 Å². The first-order valence-electron chi connectivity index (χ1n) is 6.14. The third-order valence-corrected chi connectivity index (χ3v) is 3.15. The van der Waals surface area contributed by atoms with Gasteiger partial charge in [0.25, 0.3) is 0 Å². The lowest BCUT2D eigenvalue weighted by molar-refractivity contribution is 0.584. The molecule has 0 amide bonds. The average Bonchev–Trinajstić information content (AvgIpc) is 2.76. The number of nitrogens with one attached hydrogen (secondary N) is 1. The molecule has 0 bridgehead atoms. The number of hydrogen-bond donors (Lipinski definition) is 2. The third-order valence-electron chi connectivity index (χ3n) is 3.15. The van der Waals surface area contributed by atoms with Crippen molar-refractivity contribution in [1.82, 2.24) is 4.98 Å². The molecule has 2 rings (SSSR count). The van der Waals surface area contributed by atoms with Gasteiger partial charge < -0.3 is 10.7 Å². The summed E-state index contributed by atoms with van der Waals surface area (Å²) >= 11 is 0. The highest BCUT2D eigenvalue weighted by Crippen LogP contribution is 2.25. The maximum absolute atomic E-state index is 6.25. The molecule has 0 saturated carbocycles. The molecule has 0 aliphatic rings. The van der Waals surface area contributed by atoms with Crippen molar-refractivity contribution in [3.63, 3.8) is 0 Å². The fourth-order valence-corrected chi connectivity index (χ4v) is 2.20. The molecule has 0 unspecified atom stereocenters. The molecule has 0 aliphatic carbocycles. The summed E-state index contributed by atoms with van der Waals surface area (Å²) in [5, 5.41) is 1.27. The van der Waals surface area contributed by atoms with Crippen LogP contribution in [0.4, 0.5) is 0 Å². The quantitative estimate of drug-likeness (QED) is 0.734. The zero-order chi connectivity index (χ0) is 11.4. The van der Waals surface area contributed by atoms with Crippen molar-refractivity contribution in [1.29, 1.82) is 0 Å². The lowest BCUT2D eigenvalue weighted by atomic mass is 9.98. The number of fused-ring (bicyclic) bond motifs is 1.